The molecule has 1 aliphatic carbocycles. The summed E-state index contributed by atoms with van der Waals surface area (Å²) in [4.78, 5) is 24.1. The van der Waals surface area contributed by atoms with Crippen molar-refractivity contribution in [3.05, 3.63) is 34.3 Å². The molecule has 0 bridgehead atoms. The summed E-state index contributed by atoms with van der Waals surface area (Å²) in [7, 11) is 0. The van der Waals surface area contributed by atoms with Gasteiger partial charge in [0.25, 0.3) is 5.91 Å². The summed E-state index contributed by atoms with van der Waals surface area (Å²) < 4.78 is 6.22. The van der Waals surface area contributed by atoms with E-state index in [1.807, 2.05) is 24.3 Å². The maximum atomic E-state index is 12.2. The average Bonchev–Trinajstić information content (AvgIpc) is 2.51. The topological polar surface area (TPSA) is 55.4 Å². The van der Waals surface area contributed by atoms with Crippen molar-refractivity contribution in [2.75, 3.05) is 0 Å². The molecule has 0 aliphatic heterocycles. The molecule has 0 radical (unpaired) electrons. The van der Waals surface area contributed by atoms with Gasteiger partial charge in [0, 0.05) is 10.5 Å². The fraction of sp³-hybridized carbons (Fsp3) is 0.556. The van der Waals surface area contributed by atoms with Crippen molar-refractivity contribution in [1.82, 2.24) is 5.32 Å². The molecule has 2 rings (SSSR count). The zero-order valence-corrected chi connectivity index (χ0v) is 15.3. The Kier molecular flexibility index (Phi) is 6.63. The van der Waals surface area contributed by atoms with Gasteiger partial charge in [-0.25, -0.2) is 0 Å². The molecule has 1 aromatic carbocycles. The first-order valence-corrected chi connectivity index (χ1v) is 8.99. The van der Waals surface area contributed by atoms with Crippen molar-refractivity contribution in [2.24, 2.45) is 5.92 Å². The number of halogens is 1. The molecule has 4 nitrogen and oxygen atoms in total. The average molecular weight is 382 g/mol. The Morgan fingerprint density at radius 1 is 1.26 bits per heavy atom. The van der Waals surface area contributed by atoms with E-state index in [9.17, 15) is 9.59 Å². The van der Waals surface area contributed by atoms with E-state index < -0.39 is 6.10 Å². The van der Waals surface area contributed by atoms with Crippen LogP contribution in [0.1, 0.15) is 45.1 Å². The number of amides is 1. The highest BCUT2D eigenvalue weighted by Crippen LogP contribution is 2.23. The van der Waals surface area contributed by atoms with E-state index >= 15 is 0 Å². The lowest BCUT2D eigenvalue weighted by Gasteiger charge is -2.30. The zero-order chi connectivity index (χ0) is 16.8. The van der Waals surface area contributed by atoms with Gasteiger partial charge in [-0.15, -0.1) is 0 Å². The number of carbonyl (C=O) groups excluding carboxylic acids is 2. The predicted octanol–water partition coefficient (Wildman–Crippen LogP) is 3.62. The second-order valence-electron chi connectivity index (χ2n) is 6.31. The van der Waals surface area contributed by atoms with Crippen LogP contribution in [0.25, 0.3) is 0 Å². The van der Waals surface area contributed by atoms with Crippen LogP contribution in [-0.4, -0.2) is 24.0 Å². The van der Waals surface area contributed by atoms with Gasteiger partial charge in [0.15, 0.2) is 6.10 Å². The summed E-state index contributed by atoms with van der Waals surface area (Å²) in [5.74, 6) is -0.0991. The Bertz CT molecular complexity index is 544. The van der Waals surface area contributed by atoms with Crippen molar-refractivity contribution in [2.45, 2.75) is 58.1 Å². The van der Waals surface area contributed by atoms with Gasteiger partial charge >= 0.3 is 5.97 Å². The number of rotatable bonds is 5. The van der Waals surface area contributed by atoms with Gasteiger partial charge in [0.1, 0.15) is 0 Å². The number of benzene rings is 1. The van der Waals surface area contributed by atoms with Crippen LogP contribution in [0, 0.1) is 5.92 Å². The fourth-order valence-corrected chi connectivity index (χ4v) is 3.16. The molecule has 0 aromatic heterocycles. The molecule has 5 heteroatoms. The highest BCUT2D eigenvalue weighted by Gasteiger charge is 2.26. The highest BCUT2D eigenvalue weighted by molar-refractivity contribution is 9.10. The molecule has 0 heterocycles. The van der Waals surface area contributed by atoms with Crippen molar-refractivity contribution >= 4 is 27.8 Å². The third-order valence-electron chi connectivity index (χ3n) is 4.38. The summed E-state index contributed by atoms with van der Waals surface area (Å²) in [6.45, 7) is 3.79. The minimum absolute atomic E-state index is 0.171. The smallest absolute Gasteiger partial charge is 0.311 e. The molecule has 1 aliphatic rings. The van der Waals surface area contributed by atoms with E-state index in [4.69, 9.17) is 4.74 Å². The summed E-state index contributed by atoms with van der Waals surface area (Å²) in [6.07, 6.45) is 3.94. The third-order valence-corrected chi connectivity index (χ3v) is 4.91. The molecule has 3 atom stereocenters. The highest BCUT2D eigenvalue weighted by atomic mass is 79.9. The van der Waals surface area contributed by atoms with Gasteiger partial charge in [0.05, 0.1) is 6.42 Å². The van der Waals surface area contributed by atoms with Gasteiger partial charge in [-0.1, -0.05) is 47.8 Å². The van der Waals surface area contributed by atoms with Gasteiger partial charge in [0.2, 0.25) is 0 Å². The molecule has 0 unspecified atom stereocenters. The first kappa shape index (κ1) is 18.0. The molecule has 0 saturated heterocycles. The number of esters is 1. The van der Waals surface area contributed by atoms with Gasteiger partial charge in [-0.05, 0) is 43.4 Å². The van der Waals surface area contributed by atoms with Crippen LogP contribution in [0.2, 0.25) is 0 Å². The summed E-state index contributed by atoms with van der Waals surface area (Å²) >= 11 is 3.35. The number of hydrogen-bond acceptors (Lipinski definition) is 3. The van der Waals surface area contributed by atoms with E-state index in [2.05, 4.69) is 28.2 Å². The van der Waals surface area contributed by atoms with Crippen LogP contribution in [0.4, 0.5) is 0 Å². The Labute approximate surface area is 146 Å². The van der Waals surface area contributed by atoms with Crippen molar-refractivity contribution < 1.29 is 14.3 Å². The quantitative estimate of drug-likeness (QED) is 0.792. The van der Waals surface area contributed by atoms with Crippen LogP contribution in [-0.2, 0) is 20.7 Å². The molecule has 0 spiro atoms. The van der Waals surface area contributed by atoms with Crippen LogP contribution < -0.4 is 5.32 Å². The summed E-state index contributed by atoms with van der Waals surface area (Å²) in [5.41, 5.74) is 0.867. The van der Waals surface area contributed by atoms with E-state index in [0.717, 1.165) is 29.3 Å². The number of hydrogen-bond donors (Lipinski definition) is 1. The molecule has 23 heavy (non-hydrogen) atoms. The van der Waals surface area contributed by atoms with Crippen molar-refractivity contribution in [3.8, 4) is 0 Å². The normalized spacial score (nSPS) is 22.2. The Balaban J connectivity index is 1.80. The van der Waals surface area contributed by atoms with Gasteiger partial charge in [-0.2, -0.15) is 0 Å². The SMILES string of the molecule is C[C@@H]1CCCC[C@@H]1NC(=O)[C@@H](C)OC(=O)Cc1ccc(Br)cc1. The van der Waals surface area contributed by atoms with Crippen LogP contribution in [0.5, 0.6) is 0 Å². The molecular formula is C18H24BrNO3. The minimum Gasteiger partial charge on any atom is -0.452 e. The second kappa shape index (κ2) is 8.48. The maximum absolute atomic E-state index is 12.2. The van der Waals surface area contributed by atoms with E-state index in [0.29, 0.717) is 5.92 Å². The Hall–Kier alpha value is -1.36. The summed E-state index contributed by atoms with van der Waals surface area (Å²) in [5, 5.41) is 3.02. The zero-order valence-electron chi connectivity index (χ0n) is 13.7. The Morgan fingerprint density at radius 2 is 1.91 bits per heavy atom. The second-order valence-corrected chi connectivity index (χ2v) is 7.23. The number of nitrogens with one attached hydrogen (secondary N) is 1. The number of ether oxygens (including phenoxy) is 1. The lowest BCUT2D eigenvalue weighted by atomic mass is 9.86. The number of carbonyl (C=O) groups is 2. The van der Waals surface area contributed by atoms with Crippen molar-refractivity contribution in [3.63, 3.8) is 0 Å². The van der Waals surface area contributed by atoms with Crippen LogP contribution in [0.15, 0.2) is 28.7 Å². The predicted molar refractivity (Wildman–Crippen MR) is 93.0 cm³/mol. The molecule has 1 amide bonds. The molecule has 126 valence electrons. The van der Waals surface area contributed by atoms with E-state index in [1.165, 1.54) is 6.42 Å². The molecule has 1 fully saturated rings. The molecule has 1 N–H and O–H groups in total. The molecule has 1 saturated carbocycles. The lowest BCUT2D eigenvalue weighted by Crippen LogP contribution is -2.46. The monoisotopic (exact) mass is 381 g/mol. The first-order chi connectivity index (χ1) is 11.0. The van der Waals surface area contributed by atoms with Crippen molar-refractivity contribution in [1.29, 1.82) is 0 Å². The largest absolute Gasteiger partial charge is 0.452 e. The minimum atomic E-state index is -0.757. The molecule has 1 aromatic rings. The maximum Gasteiger partial charge on any atom is 0.311 e. The first-order valence-electron chi connectivity index (χ1n) is 8.20. The fourth-order valence-electron chi connectivity index (χ4n) is 2.89. The third kappa shape index (κ3) is 5.65. The molecular weight excluding hydrogens is 358 g/mol. The van der Waals surface area contributed by atoms with Crippen LogP contribution in [0.3, 0.4) is 0 Å². The summed E-state index contributed by atoms with van der Waals surface area (Å²) in [6, 6.07) is 7.68. The lowest BCUT2D eigenvalue weighted by molar-refractivity contribution is -0.154. The van der Waals surface area contributed by atoms with Crippen LogP contribution >= 0.6 is 15.9 Å². The van der Waals surface area contributed by atoms with E-state index in [-0.39, 0.29) is 24.3 Å². The van der Waals surface area contributed by atoms with Gasteiger partial charge < -0.3 is 10.1 Å². The van der Waals surface area contributed by atoms with Gasteiger partial charge in [-0.3, -0.25) is 9.59 Å². The standard InChI is InChI=1S/C18H24BrNO3/c1-12-5-3-4-6-16(12)20-18(22)13(2)23-17(21)11-14-7-9-15(19)10-8-14/h7-10,12-13,16H,3-6,11H2,1-2H3,(H,20,22)/t12-,13-,16+/m1/s1. The Morgan fingerprint density at radius 3 is 2.57 bits per heavy atom. The van der Waals surface area contributed by atoms with E-state index in [1.54, 1.807) is 6.92 Å².